The van der Waals surface area contributed by atoms with Gasteiger partial charge >= 0.3 is 0 Å². The van der Waals surface area contributed by atoms with Gasteiger partial charge in [0.15, 0.2) is 0 Å². The molecule has 0 saturated carbocycles. The quantitative estimate of drug-likeness (QED) is 0.860. The average molecular weight is 244 g/mol. The summed E-state index contributed by atoms with van der Waals surface area (Å²) < 4.78 is 0. The molecule has 2 aliphatic rings. The topological polar surface area (TPSA) is 15.3 Å². The van der Waals surface area contributed by atoms with Crippen LogP contribution < -0.4 is 10.2 Å². The number of para-hydroxylation sites is 1. The lowest BCUT2D eigenvalue weighted by atomic mass is 9.86. The van der Waals surface area contributed by atoms with Crippen molar-refractivity contribution >= 4 is 5.69 Å². The minimum atomic E-state index is 0.452. The van der Waals surface area contributed by atoms with E-state index < -0.39 is 0 Å². The van der Waals surface area contributed by atoms with E-state index in [1.54, 1.807) is 5.56 Å². The first kappa shape index (κ1) is 12.0. The molecule has 2 aliphatic heterocycles. The largest absolute Gasteiger partial charge is 0.371 e. The lowest BCUT2D eigenvalue weighted by molar-refractivity contribution is 0.359. The zero-order chi connectivity index (χ0) is 12.6. The van der Waals surface area contributed by atoms with Crippen molar-refractivity contribution in [1.29, 1.82) is 0 Å². The Morgan fingerprint density at radius 2 is 2.22 bits per heavy atom. The monoisotopic (exact) mass is 244 g/mol. The van der Waals surface area contributed by atoms with Gasteiger partial charge in [0.2, 0.25) is 0 Å². The molecule has 0 spiro atoms. The van der Waals surface area contributed by atoms with Gasteiger partial charge in [-0.15, -0.1) is 0 Å². The molecular formula is C16H24N2. The second-order valence-corrected chi connectivity index (χ2v) is 6.41. The molecule has 3 rings (SSSR count). The first-order chi connectivity index (χ1) is 8.68. The molecule has 0 amide bonds. The molecule has 1 aromatic rings. The fourth-order valence-electron chi connectivity index (χ4n) is 3.45. The predicted octanol–water partition coefficient (Wildman–Crippen LogP) is 3.00. The van der Waals surface area contributed by atoms with Crippen LogP contribution in [-0.2, 0) is 0 Å². The fraction of sp³-hybridized carbons (Fsp3) is 0.625. The molecule has 2 atom stereocenters. The van der Waals surface area contributed by atoms with E-state index in [9.17, 15) is 0 Å². The maximum Gasteiger partial charge on any atom is 0.0401 e. The maximum absolute atomic E-state index is 3.51. The third kappa shape index (κ3) is 2.14. The van der Waals surface area contributed by atoms with Gasteiger partial charge in [0.1, 0.15) is 0 Å². The second kappa shape index (κ2) is 4.58. The Morgan fingerprint density at radius 1 is 1.39 bits per heavy atom. The molecule has 0 bridgehead atoms. The van der Waals surface area contributed by atoms with Crippen LogP contribution >= 0.6 is 0 Å². The summed E-state index contributed by atoms with van der Waals surface area (Å²) in [6.45, 7) is 9.55. The van der Waals surface area contributed by atoms with Crippen molar-refractivity contribution in [1.82, 2.24) is 5.32 Å². The first-order valence-corrected chi connectivity index (χ1v) is 7.23. The van der Waals surface area contributed by atoms with Gasteiger partial charge in [-0.25, -0.2) is 0 Å². The number of anilines is 1. The molecule has 1 N–H and O–H groups in total. The number of fused-ring (bicyclic) bond motifs is 1. The molecular weight excluding hydrogens is 220 g/mol. The summed E-state index contributed by atoms with van der Waals surface area (Å²) in [7, 11) is 0. The van der Waals surface area contributed by atoms with Crippen molar-refractivity contribution in [2.75, 3.05) is 31.1 Å². The molecule has 1 saturated heterocycles. The highest BCUT2D eigenvalue weighted by atomic mass is 15.2. The summed E-state index contributed by atoms with van der Waals surface area (Å²) in [4.78, 5) is 2.61. The number of benzene rings is 1. The molecule has 2 nitrogen and oxygen atoms in total. The van der Waals surface area contributed by atoms with Crippen LogP contribution in [-0.4, -0.2) is 26.2 Å². The van der Waals surface area contributed by atoms with Crippen LogP contribution in [0.1, 0.15) is 38.2 Å². The van der Waals surface area contributed by atoms with E-state index in [4.69, 9.17) is 0 Å². The summed E-state index contributed by atoms with van der Waals surface area (Å²) in [6, 6.07) is 8.97. The maximum atomic E-state index is 3.51. The molecule has 1 aromatic carbocycles. The molecule has 2 heteroatoms. The van der Waals surface area contributed by atoms with Crippen LogP contribution in [0, 0.1) is 5.41 Å². The standard InChI is InChI=1S/C16H24N2/c1-13-7-10-18(12-16(2)8-9-17-11-16)15-6-4-3-5-14(13)15/h3-6,13,17H,7-12H2,1-2H3. The Kier molecular flexibility index (Phi) is 3.06. The van der Waals surface area contributed by atoms with Gasteiger partial charge in [0.05, 0.1) is 0 Å². The smallest absolute Gasteiger partial charge is 0.0401 e. The van der Waals surface area contributed by atoms with Crippen molar-refractivity contribution in [3.8, 4) is 0 Å². The van der Waals surface area contributed by atoms with Crippen LogP contribution in [0.5, 0.6) is 0 Å². The zero-order valence-electron chi connectivity index (χ0n) is 11.6. The Balaban J connectivity index is 1.84. The summed E-state index contributed by atoms with van der Waals surface area (Å²) in [6.07, 6.45) is 2.60. The normalized spacial score (nSPS) is 31.4. The number of nitrogens with one attached hydrogen (secondary N) is 1. The number of rotatable bonds is 2. The van der Waals surface area contributed by atoms with Crippen LogP contribution in [0.3, 0.4) is 0 Å². The number of nitrogens with zero attached hydrogens (tertiary/aromatic N) is 1. The minimum absolute atomic E-state index is 0.452. The van der Waals surface area contributed by atoms with E-state index >= 15 is 0 Å². The fourth-order valence-corrected chi connectivity index (χ4v) is 3.45. The van der Waals surface area contributed by atoms with Crippen molar-refractivity contribution in [2.24, 2.45) is 5.41 Å². The summed E-state index contributed by atoms with van der Waals surface area (Å²) in [5.74, 6) is 0.715. The van der Waals surface area contributed by atoms with Gasteiger partial charge in [-0.05, 0) is 42.3 Å². The van der Waals surface area contributed by atoms with E-state index in [0.29, 0.717) is 11.3 Å². The van der Waals surface area contributed by atoms with Gasteiger partial charge < -0.3 is 10.2 Å². The van der Waals surface area contributed by atoms with E-state index in [2.05, 4.69) is 48.3 Å². The second-order valence-electron chi connectivity index (χ2n) is 6.41. The third-order valence-electron chi connectivity index (χ3n) is 4.67. The summed E-state index contributed by atoms with van der Waals surface area (Å²) >= 11 is 0. The predicted molar refractivity (Wildman–Crippen MR) is 77.3 cm³/mol. The highest BCUT2D eigenvalue weighted by Crippen LogP contribution is 2.37. The molecule has 1 fully saturated rings. The van der Waals surface area contributed by atoms with Gasteiger partial charge in [-0.2, -0.15) is 0 Å². The van der Waals surface area contributed by atoms with Crippen LogP contribution in [0.2, 0.25) is 0 Å². The van der Waals surface area contributed by atoms with E-state index in [1.165, 1.54) is 44.7 Å². The Bertz CT molecular complexity index is 421. The third-order valence-corrected chi connectivity index (χ3v) is 4.67. The van der Waals surface area contributed by atoms with Crippen molar-refractivity contribution in [3.05, 3.63) is 29.8 Å². The highest BCUT2D eigenvalue weighted by Gasteiger charge is 2.32. The van der Waals surface area contributed by atoms with Crippen molar-refractivity contribution in [3.63, 3.8) is 0 Å². The number of hydrogen-bond donors (Lipinski definition) is 1. The van der Waals surface area contributed by atoms with Gasteiger partial charge in [-0.1, -0.05) is 32.0 Å². The average Bonchev–Trinajstić information content (AvgIpc) is 2.80. The Labute approximate surface area is 110 Å². The van der Waals surface area contributed by atoms with Gasteiger partial charge in [0, 0.05) is 25.3 Å². The van der Waals surface area contributed by atoms with E-state index in [0.717, 1.165) is 0 Å². The molecule has 0 aromatic heterocycles. The van der Waals surface area contributed by atoms with Crippen molar-refractivity contribution in [2.45, 2.75) is 32.6 Å². The molecule has 98 valence electrons. The lowest BCUT2D eigenvalue weighted by Crippen LogP contribution is -2.40. The highest BCUT2D eigenvalue weighted by molar-refractivity contribution is 5.57. The number of hydrogen-bond acceptors (Lipinski definition) is 2. The Morgan fingerprint density at radius 3 is 3.00 bits per heavy atom. The van der Waals surface area contributed by atoms with E-state index in [1.807, 2.05) is 0 Å². The Hall–Kier alpha value is -1.02. The molecule has 18 heavy (non-hydrogen) atoms. The summed E-state index contributed by atoms with van der Waals surface area (Å²) in [5.41, 5.74) is 3.47. The molecule has 0 radical (unpaired) electrons. The van der Waals surface area contributed by atoms with E-state index in [-0.39, 0.29) is 0 Å². The SMILES string of the molecule is CC1CCN(CC2(C)CCNC2)c2ccccc21. The minimum Gasteiger partial charge on any atom is -0.371 e. The van der Waals surface area contributed by atoms with Crippen LogP contribution in [0.25, 0.3) is 0 Å². The van der Waals surface area contributed by atoms with Crippen LogP contribution in [0.15, 0.2) is 24.3 Å². The van der Waals surface area contributed by atoms with Crippen LogP contribution in [0.4, 0.5) is 5.69 Å². The van der Waals surface area contributed by atoms with Crippen molar-refractivity contribution < 1.29 is 0 Å². The first-order valence-electron chi connectivity index (χ1n) is 7.23. The summed E-state index contributed by atoms with van der Waals surface area (Å²) in [5, 5.41) is 3.51. The molecule has 0 aliphatic carbocycles. The zero-order valence-corrected chi connectivity index (χ0v) is 11.6. The molecule has 2 heterocycles. The van der Waals surface area contributed by atoms with Gasteiger partial charge in [0.25, 0.3) is 0 Å². The van der Waals surface area contributed by atoms with Gasteiger partial charge in [-0.3, -0.25) is 0 Å². The molecule has 2 unspecified atom stereocenters. The lowest BCUT2D eigenvalue weighted by Gasteiger charge is -2.39.